The summed E-state index contributed by atoms with van der Waals surface area (Å²) in [5.74, 6) is 14.2. The Labute approximate surface area is 362 Å². The van der Waals surface area contributed by atoms with Crippen molar-refractivity contribution in [2.24, 2.45) is 0 Å². The predicted molar refractivity (Wildman–Crippen MR) is 263 cm³/mol. The van der Waals surface area contributed by atoms with E-state index in [2.05, 4.69) is 179 Å². The molecule has 9 rings (SSSR count). The molecule has 3 heterocycles. The summed E-state index contributed by atoms with van der Waals surface area (Å²) in [6, 6.07) is 44.8. The van der Waals surface area contributed by atoms with E-state index in [1.165, 1.54) is 136 Å². The second-order valence-electron chi connectivity index (χ2n) is 17.1. The van der Waals surface area contributed by atoms with Crippen LogP contribution in [0.4, 0.5) is 0 Å². The molecule has 3 heteroatoms. The van der Waals surface area contributed by atoms with Crippen molar-refractivity contribution in [2.75, 3.05) is 0 Å². The van der Waals surface area contributed by atoms with E-state index in [-0.39, 0.29) is 0 Å². The van der Waals surface area contributed by atoms with Crippen molar-refractivity contribution in [2.45, 2.75) is 117 Å². The fourth-order valence-electron chi connectivity index (χ4n) is 9.62. The van der Waals surface area contributed by atoms with Crippen LogP contribution in [-0.2, 0) is 19.6 Å². The van der Waals surface area contributed by atoms with Gasteiger partial charge in [-0.1, -0.05) is 151 Å². The van der Waals surface area contributed by atoms with Crippen molar-refractivity contribution in [3.63, 3.8) is 0 Å². The molecule has 0 amide bonds. The largest absolute Gasteiger partial charge is 0.340 e. The van der Waals surface area contributed by atoms with Gasteiger partial charge in [0, 0.05) is 96.3 Å². The van der Waals surface area contributed by atoms with Crippen LogP contribution in [0.2, 0.25) is 0 Å². The molecule has 0 atom stereocenters. The number of aromatic nitrogens is 3. The number of para-hydroxylation sites is 2. The maximum Gasteiger partial charge on any atom is 0.0503 e. The molecule has 0 unspecified atom stereocenters. The summed E-state index contributed by atoms with van der Waals surface area (Å²) in [4.78, 5) is 0. The van der Waals surface area contributed by atoms with Gasteiger partial charge >= 0.3 is 0 Å². The van der Waals surface area contributed by atoms with E-state index in [0.29, 0.717) is 0 Å². The van der Waals surface area contributed by atoms with Gasteiger partial charge in [0.25, 0.3) is 0 Å². The van der Waals surface area contributed by atoms with Crippen LogP contribution in [-0.4, -0.2) is 13.7 Å². The van der Waals surface area contributed by atoms with E-state index < -0.39 is 0 Å². The molecular weight excluding hydrogens is 739 g/mol. The molecule has 9 aromatic rings. The van der Waals surface area contributed by atoms with Crippen LogP contribution >= 0.6 is 0 Å². The minimum Gasteiger partial charge on any atom is -0.340 e. The Morgan fingerprint density at radius 2 is 0.623 bits per heavy atom. The van der Waals surface area contributed by atoms with Crippen LogP contribution in [0.15, 0.2) is 121 Å². The third-order valence-corrected chi connectivity index (χ3v) is 12.8. The normalized spacial score (nSPS) is 11.6. The van der Waals surface area contributed by atoms with Gasteiger partial charge in [-0.25, -0.2) is 0 Å². The molecule has 0 aliphatic rings. The molecule has 0 fully saturated rings. The van der Waals surface area contributed by atoms with E-state index in [1.54, 1.807) is 0 Å². The summed E-state index contributed by atoms with van der Waals surface area (Å²) in [5.41, 5.74) is 11.9. The molecule has 0 aliphatic heterocycles. The molecule has 0 N–H and O–H groups in total. The highest BCUT2D eigenvalue weighted by Gasteiger charge is 2.14. The molecular formula is C58H59N3. The van der Waals surface area contributed by atoms with E-state index in [1.807, 2.05) is 0 Å². The lowest BCUT2D eigenvalue weighted by atomic mass is 10.1. The fourth-order valence-corrected chi connectivity index (χ4v) is 9.62. The third-order valence-electron chi connectivity index (χ3n) is 12.8. The lowest BCUT2D eigenvalue weighted by Gasteiger charge is -2.08. The van der Waals surface area contributed by atoms with Crippen molar-refractivity contribution in [1.82, 2.24) is 13.7 Å². The molecule has 306 valence electrons. The second-order valence-corrected chi connectivity index (χ2v) is 17.1. The summed E-state index contributed by atoms with van der Waals surface area (Å²) >= 11 is 0. The van der Waals surface area contributed by atoms with Crippen LogP contribution in [0.3, 0.4) is 0 Å². The molecule has 0 bridgehead atoms. The molecule has 0 radical (unpaired) electrons. The zero-order chi connectivity index (χ0) is 41.5. The monoisotopic (exact) mass is 797 g/mol. The summed E-state index contributed by atoms with van der Waals surface area (Å²) in [7, 11) is 0. The van der Waals surface area contributed by atoms with Gasteiger partial charge in [-0.3, -0.25) is 0 Å². The van der Waals surface area contributed by atoms with Crippen molar-refractivity contribution in [3.8, 4) is 23.7 Å². The van der Waals surface area contributed by atoms with E-state index in [0.717, 1.165) is 48.3 Å². The minimum atomic E-state index is 0.978. The molecule has 0 saturated heterocycles. The summed E-state index contributed by atoms with van der Waals surface area (Å²) in [6.45, 7) is 9.92. The van der Waals surface area contributed by atoms with Gasteiger partial charge < -0.3 is 13.7 Å². The number of aryl methyl sites for hydroxylation is 3. The van der Waals surface area contributed by atoms with Gasteiger partial charge in [0.1, 0.15) is 0 Å². The predicted octanol–water partition coefficient (Wildman–Crippen LogP) is 15.6. The van der Waals surface area contributed by atoms with Gasteiger partial charge in [0.05, 0.1) is 11.0 Å². The number of rotatable bonds is 15. The summed E-state index contributed by atoms with van der Waals surface area (Å²) in [6.07, 6.45) is 14.9. The molecule has 6 aromatic carbocycles. The summed E-state index contributed by atoms with van der Waals surface area (Å²) < 4.78 is 7.55. The van der Waals surface area contributed by atoms with E-state index >= 15 is 0 Å². The first-order chi connectivity index (χ1) is 30.1. The van der Waals surface area contributed by atoms with Gasteiger partial charge in [0.15, 0.2) is 0 Å². The van der Waals surface area contributed by atoms with Crippen LogP contribution in [0.25, 0.3) is 65.4 Å². The molecule has 61 heavy (non-hydrogen) atoms. The Morgan fingerprint density at radius 1 is 0.295 bits per heavy atom. The average Bonchev–Trinajstić information content (AvgIpc) is 3.90. The fraction of sp³-hybridized carbons (Fsp3) is 0.310. The van der Waals surface area contributed by atoms with Crippen molar-refractivity contribution in [1.29, 1.82) is 0 Å². The van der Waals surface area contributed by atoms with Crippen LogP contribution in [0.5, 0.6) is 0 Å². The number of benzene rings is 6. The lowest BCUT2D eigenvalue weighted by molar-refractivity contribution is 0.602. The highest BCUT2D eigenvalue weighted by molar-refractivity contribution is 6.10. The van der Waals surface area contributed by atoms with E-state index in [9.17, 15) is 0 Å². The van der Waals surface area contributed by atoms with Gasteiger partial charge in [-0.05, 0) is 92.1 Å². The first-order valence-electron chi connectivity index (χ1n) is 23.3. The topological polar surface area (TPSA) is 14.8 Å². The standard InChI is InChI=1S/C58H59N3/c1-4-7-10-17-36-59-53-22-15-13-20-47(53)51-39-43(30-34-55(51)59)24-26-45-28-32-49-50-33-29-46(42-58(50)61(57(49)41-45)38-19-12-9-6-3)27-25-44-31-35-56-52(40-44)48-21-14-16-23-54(48)60(56)37-18-11-8-5-2/h13-16,20-23,28-35,39-42H,4-12,17-19,36-38H2,1-3H3. The zero-order valence-electron chi connectivity index (χ0n) is 36.5. The van der Waals surface area contributed by atoms with Gasteiger partial charge in [-0.15, -0.1) is 0 Å². The first kappa shape index (κ1) is 40.3. The van der Waals surface area contributed by atoms with Crippen LogP contribution in [0, 0.1) is 23.7 Å². The average molecular weight is 798 g/mol. The Kier molecular flexibility index (Phi) is 12.3. The zero-order valence-corrected chi connectivity index (χ0v) is 36.5. The summed E-state index contributed by atoms with van der Waals surface area (Å²) in [5, 5.41) is 7.77. The number of hydrogen-bond donors (Lipinski definition) is 0. The Bertz CT molecular complexity index is 2920. The van der Waals surface area contributed by atoms with Crippen molar-refractivity contribution in [3.05, 3.63) is 144 Å². The molecule has 3 aromatic heterocycles. The van der Waals surface area contributed by atoms with Crippen molar-refractivity contribution < 1.29 is 0 Å². The van der Waals surface area contributed by atoms with Gasteiger partial charge in [0.2, 0.25) is 0 Å². The molecule has 0 spiro atoms. The number of fused-ring (bicyclic) bond motifs is 9. The number of hydrogen-bond acceptors (Lipinski definition) is 0. The van der Waals surface area contributed by atoms with E-state index in [4.69, 9.17) is 0 Å². The highest BCUT2D eigenvalue weighted by Crippen LogP contribution is 2.34. The third kappa shape index (κ3) is 8.32. The van der Waals surface area contributed by atoms with Crippen LogP contribution in [0.1, 0.15) is 120 Å². The quantitative estimate of drug-likeness (QED) is 0.0725. The maximum absolute atomic E-state index is 3.56. The molecule has 3 nitrogen and oxygen atoms in total. The number of unbranched alkanes of at least 4 members (excludes halogenated alkanes) is 9. The SMILES string of the molecule is CCCCCCn1c2ccccc2c2cc(C#Cc3ccc4c5ccc(C#Cc6ccc7c(c6)c6ccccc6n7CCCCCC)cc5n(CCCCCC)c4c3)ccc21. The van der Waals surface area contributed by atoms with Crippen molar-refractivity contribution >= 4 is 65.4 Å². The lowest BCUT2D eigenvalue weighted by Crippen LogP contribution is -1.98. The van der Waals surface area contributed by atoms with Gasteiger partial charge in [-0.2, -0.15) is 0 Å². The Balaban J connectivity index is 1.03. The molecule has 0 saturated carbocycles. The Hall–Kier alpha value is -6.16. The second kappa shape index (κ2) is 18.6. The maximum atomic E-state index is 3.56. The smallest absolute Gasteiger partial charge is 0.0503 e. The highest BCUT2D eigenvalue weighted by atomic mass is 15.0. The molecule has 0 aliphatic carbocycles. The minimum absolute atomic E-state index is 0.978. The van der Waals surface area contributed by atoms with Crippen LogP contribution < -0.4 is 0 Å². The first-order valence-corrected chi connectivity index (χ1v) is 23.3. The number of nitrogens with zero attached hydrogens (tertiary/aromatic N) is 3. The Morgan fingerprint density at radius 3 is 1.03 bits per heavy atom.